The average Bonchev–Trinajstić information content (AvgIpc) is 2.66. The maximum atomic E-state index is 4.55. The Kier molecular flexibility index (Phi) is 8.56. The quantitative estimate of drug-likeness (QED) is 0.428. The minimum atomic E-state index is 0.444. The summed E-state index contributed by atoms with van der Waals surface area (Å²) in [5, 5.41) is 6.92. The molecule has 1 unspecified atom stereocenters. The molecule has 0 aromatic carbocycles. The van der Waals surface area contributed by atoms with E-state index in [9.17, 15) is 0 Å². The lowest BCUT2D eigenvalue weighted by molar-refractivity contribution is 0.546. The maximum absolute atomic E-state index is 4.55. The van der Waals surface area contributed by atoms with Crippen molar-refractivity contribution in [3.63, 3.8) is 0 Å². The summed E-state index contributed by atoms with van der Waals surface area (Å²) >= 11 is 0. The van der Waals surface area contributed by atoms with Crippen molar-refractivity contribution in [3.8, 4) is 0 Å². The van der Waals surface area contributed by atoms with E-state index < -0.39 is 0 Å². The zero-order chi connectivity index (χ0) is 17.9. The lowest BCUT2D eigenvalue weighted by Crippen LogP contribution is -2.41. The van der Waals surface area contributed by atoms with Gasteiger partial charge in [-0.25, -0.2) is 4.98 Å². The Morgan fingerprint density at radius 1 is 1.28 bits per heavy atom. The van der Waals surface area contributed by atoms with Crippen molar-refractivity contribution >= 4 is 11.8 Å². The van der Waals surface area contributed by atoms with Gasteiger partial charge in [0, 0.05) is 38.9 Å². The van der Waals surface area contributed by atoms with Gasteiger partial charge in [-0.1, -0.05) is 26.2 Å². The standard InChI is InChI=1S/C20H35N5/c1-4-5-7-10-17(2)24-20(21-3)23-16-18-11-12-22-19(15-18)25-13-8-6-9-14-25/h11-12,15,17H,4-10,13-14,16H2,1-3H3,(H2,21,23,24). The zero-order valence-electron chi connectivity index (χ0n) is 16.2. The Morgan fingerprint density at radius 2 is 2.08 bits per heavy atom. The summed E-state index contributed by atoms with van der Waals surface area (Å²) in [6.07, 6.45) is 10.8. The monoisotopic (exact) mass is 345 g/mol. The molecule has 0 bridgehead atoms. The van der Waals surface area contributed by atoms with Crippen molar-refractivity contribution < 1.29 is 0 Å². The molecule has 1 aliphatic heterocycles. The van der Waals surface area contributed by atoms with E-state index in [0.29, 0.717) is 6.04 Å². The summed E-state index contributed by atoms with van der Waals surface area (Å²) in [7, 11) is 1.83. The maximum Gasteiger partial charge on any atom is 0.191 e. The van der Waals surface area contributed by atoms with Crippen LogP contribution in [-0.4, -0.2) is 37.1 Å². The van der Waals surface area contributed by atoms with Gasteiger partial charge in [-0.3, -0.25) is 4.99 Å². The second-order valence-corrected chi connectivity index (χ2v) is 7.04. The molecule has 140 valence electrons. The van der Waals surface area contributed by atoms with Gasteiger partial charge in [0.15, 0.2) is 5.96 Å². The van der Waals surface area contributed by atoms with Crippen LogP contribution in [0, 0.1) is 0 Å². The van der Waals surface area contributed by atoms with Crippen molar-refractivity contribution in [2.75, 3.05) is 25.0 Å². The highest BCUT2D eigenvalue weighted by Crippen LogP contribution is 2.18. The first-order valence-corrected chi connectivity index (χ1v) is 9.90. The summed E-state index contributed by atoms with van der Waals surface area (Å²) in [5.74, 6) is 1.98. The van der Waals surface area contributed by atoms with Gasteiger partial charge in [-0.05, 0) is 50.3 Å². The highest BCUT2D eigenvalue weighted by atomic mass is 15.2. The lowest BCUT2D eigenvalue weighted by atomic mass is 10.1. The third-order valence-corrected chi connectivity index (χ3v) is 4.80. The summed E-state index contributed by atoms with van der Waals surface area (Å²) < 4.78 is 0. The Hall–Kier alpha value is -1.78. The first-order chi connectivity index (χ1) is 12.2. The molecular formula is C20H35N5. The van der Waals surface area contributed by atoms with Gasteiger partial charge in [0.05, 0.1) is 0 Å². The first kappa shape index (κ1) is 19.5. The predicted molar refractivity (Wildman–Crippen MR) is 107 cm³/mol. The van der Waals surface area contributed by atoms with Crippen LogP contribution in [0.15, 0.2) is 23.3 Å². The molecule has 0 saturated carbocycles. The number of hydrogen-bond donors (Lipinski definition) is 2. The summed E-state index contributed by atoms with van der Waals surface area (Å²) in [5.41, 5.74) is 1.25. The molecule has 0 spiro atoms. The molecule has 0 amide bonds. The van der Waals surface area contributed by atoms with Crippen molar-refractivity contribution in [1.82, 2.24) is 15.6 Å². The highest BCUT2D eigenvalue weighted by Gasteiger charge is 2.12. The smallest absolute Gasteiger partial charge is 0.191 e. The number of anilines is 1. The number of guanidine groups is 1. The van der Waals surface area contributed by atoms with E-state index >= 15 is 0 Å². The molecule has 2 heterocycles. The second kappa shape index (κ2) is 11.0. The number of nitrogens with zero attached hydrogens (tertiary/aromatic N) is 3. The number of piperidine rings is 1. The third-order valence-electron chi connectivity index (χ3n) is 4.80. The van der Waals surface area contributed by atoms with E-state index in [1.807, 2.05) is 13.2 Å². The fraction of sp³-hybridized carbons (Fsp3) is 0.700. The van der Waals surface area contributed by atoms with Crippen LogP contribution >= 0.6 is 0 Å². The molecule has 1 atom stereocenters. The van der Waals surface area contributed by atoms with Crippen LogP contribution in [0.2, 0.25) is 0 Å². The number of rotatable bonds is 8. The van der Waals surface area contributed by atoms with Gasteiger partial charge in [-0.2, -0.15) is 0 Å². The van der Waals surface area contributed by atoms with Gasteiger partial charge < -0.3 is 15.5 Å². The molecule has 0 radical (unpaired) electrons. The largest absolute Gasteiger partial charge is 0.357 e. The normalized spacial score (nSPS) is 16.6. The van der Waals surface area contributed by atoms with E-state index in [1.165, 1.54) is 50.5 Å². The minimum Gasteiger partial charge on any atom is -0.357 e. The molecule has 25 heavy (non-hydrogen) atoms. The predicted octanol–water partition coefficient (Wildman–Crippen LogP) is 3.71. The molecule has 1 fully saturated rings. The number of aliphatic imine (C=N–C) groups is 1. The Morgan fingerprint density at radius 3 is 2.80 bits per heavy atom. The molecule has 1 saturated heterocycles. The van der Waals surface area contributed by atoms with Crippen molar-refractivity contribution in [3.05, 3.63) is 23.9 Å². The molecule has 1 aromatic heterocycles. The van der Waals surface area contributed by atoms with E-state index in [-0.39, 0.29) is 0 Å². The number of unbranched alkanes of at least 4 members (excludes halogenated alkanes) is 2. The molecule has 5 heteroatoms. The molecule has 0 aliphatic carbocycles. The third kappa shape index (κ3) is 6.92. The van der Waals surface area contributed by atoms with Gasteiger partial charge in [-0.15, -0.1) is 0 Å². The highest BCUT2D eigenvalue weighted by molar-refractivity contribution is 5.79. The number of aromatic nitrogens is 1. The fourth-order valence-corrected chi connectivity index (χ4v) is 3.25. The van der Waals surface area contributed by atoms with Crippen molar-refractivity contribution in [2.24, 2.45) is 4.99 Å². The summed E-state index contributed by atoms with van der Waals surface area (Å²) in [6, 6.07) is 4.73. The lowest BCUT2D eigenvalue weighted by Gasteiger charge is -2.28. The SMILES string of the molecule is CCCCCC(C)NC(=NC)NCc1ccnc(N2CCCCC2)c1. The zero-order valence-corrected chi connectivity index (χ0v) is 16.2. The number of pyridine rings is 1. The van der Waals surface area contributed by atoms with Gasteiger partial charge in [0.25, 0.3) is 0 Å². The van der Waals surface area contributed by atoms with E-state index in [2.05, 4.69) is 51.5 Å². The molecule has 1 aromatic rings. The molecular weight excluding hydrogens is 310 g/mol. The van der Waals surface area contributed by atoms with Gasteiger partial charge in [0.1, 0.15) is 5.82 Å². The summed E-state index contributed by atoms with van der Waals surface area (Å²) in [6.45, 7) is 7.49. The Labute approximate surface area is 153 Å². The van der Waals surface area contributed by atoms with E-state index in [4.69, 9.17) is 0 Å². The van der Waals surface area contributed by atoms with Crippen LogP contribution in [0.5, 0.6) is 0 Å². The van der Waals surface area contributed by atoms with Crippen LogP contribution < -0.4 is 15.5 Å². The van der Waals surface area contributed by atoms with Gasteiger partial charge >= 0.3 is 0 Å². The van der Waals surface area contributed by atoms with E-state index in [1.54, 1.807) is 0 Å². The van der Waals surface area contributed by atoms with E-state index in [0.717, 1.165) is 31.4 Å². The van der Waals surface area contributed by atoms with Crippen LogP contribution in [0.3, 0.4) is 0 Å². The molecule has 2 N–H and O–H groups in total. The van der Waals surface area contributed by atoms with Crippen LogP contribution in [0.4, 0.5) is 5.82 Å². The molecule has 5 nitrogen and oxygen atoms in total. The fourth-order valence-electron chi connectivity index (χ4n) is 3.25. The van der Waals surface area contributed by atoms with Gasteiger partial charge in [0.2, 0.25) is 0 Å². The van der Waals surface area contributed by atoms with Crippen molar-refractivity contribution in [1.29, 1.82) is 0 Å². The number of nitrogens with one attached hydrogen (secondary N) is 2. The molecule has 1 aliphatic rings. The Balaban J connectivity index is 1.82. The van der Waals surface area contributed by atoms with Crippen molar-refractivity contribution in [2.45, 2.75) is 71.4 Å². The topological polar surface area (TPSA) is 52.6 Å². The van der Waals surface area contributed by atoms with Crippen LogP contribution in [-0.2, 0) is 6.54 Å². The minimum absolute atomic E-state index is 0.444. The summed E-state index contributed by atoms with van der Waals surface area (Å²) in [4.78, 5) is 11.3. The first-order valence-electron chi connectivity index (χ1n) is 9.90. The average molecular weight is 346 g/mol. The van der Waals surface area contributed by atoms with Crippen LogP contribution in [0.25, 0.3) is 0 Å². The molecule has 2 rings (SSSR count). The Bertz CT molecular complexity index is 523. The second-order valence-electron chi connectivity index (χ2n) is 7.04. The number of hydrogen-bond acceptors (Lipinski definition) is 3. The van der Waals surface area contributed by atoms with Crippen LogP contribution in [0.1, 0.15) is 64.4 Å².